The average Bonchev–Trinajstić information content (AvgIpc) is 3.22. The number of aromatic nitrogens is 4. The highest BCUT2D eigenvalue weighted by molar-refractivity contribution is 5.52. The molecule has 0 amide bonds. The van der Waals surface area contributed by atoms with Crippen LogP contribution in [0.15, 0.2) is 4.52 Å². The zero-order valence-electron chi connectivity index (χ0n) is 16.3. The molecule has 2 aliphatic carbocycles. The molecule has 27 heavy (non-hydrogen) atoms. The fourth-order valence-electron chi connectivity index (χ4n) is 4.09. The summed E-state index contributed by atoms with van der Waals surface area (Å²) in [6, 6.07) is 0. The number of rotatable bonds is 5. The molecule has 1 aliphatic heterocycles. The fourth-order valence-corrected chi connectivity index (χ4v) is 4.09. The van der Waals surface area contributed by atoms with Crippen molar-refractivity contribution in [2.45, 2.75) is 64.3 Å². The van der Waals surface area contributed by atoms with Crippen LogP contribution in [0.5, 0.6) is 0 Å². The maximum Gasteiger partial charge on any atom is 0.240 e. The van der Waals surface area contributed by atoms with Gasteiger partial charge in [0.15, 0.2) is 5.82 Å². The molecule has 0 spiro atoms. The summed E-state index contributed by atoms with van der Waals surface area (Å²) in [5.41, 5.74) is 2.72. The Hall–Kier alpha value is -2.02. The average molecular weight is 368 g/mol. The molecule has 2 fully saturated rings. The molecule has 5 rings (SSSR count). The first-order chi connectivity index (χ1) is 13.2. The van der Waals surface area contributed by atoms with Crippen molar-refractivity contribution in [3.05, 3.63) is 28.8 Å². The van der Waals surface area contributed by atoms with Gasteiger partial charge >= 0.3 is 0 Å². The number of aryl methyl sites for hydroxylation is 1. The van der Waals surface area contributed by atoms with E-state index in [0.717, 1.165) is 63.1 Å². The molecule has 3 heterocycles. The second-order valence-electron chi connectivity index (χ2n) is 8.42. The van der Waals surface area contributed by atoms with Crippen molar-refractivity contribution in [1.82, 2.24) is 25.0 Å². The highest BCUT2D eigenvalue weighted by Crippen LogP contribution is 2.40. The molecule has 7 heteroatoms. The summed E-state index contributed by atoms with van der Waals surface area (Å²) in [5.74, 6) is 4.77. The van der Waals surface area contributed by atoms with Crippen LogP contribution in [0.3, 0.4) is 0 Å². The van der Waals surface area contributed by atoms with Gasteiger partial charge < -0.3 is 9.42 Å². The number of hydrogen-bond acceptors (Lipinski definition) is 7. The van der Waals surface area contributed by atoms with Crippen LogP contribution in [0.25, 0.3) is 0 Å². The Morgan fingerprint density at radius 3 is 2.56 bits per heavy atom. The summed E-state index contributed by atoms with van der Waals surface area (Å²) < 4.78 is 5.41. The van der Waals surface area contributed by atoms with Gasteiger partial charge in [0.1, 0.15) is 11.6 Å². The minimum atomic E-state index is 0.305. The largest absolute Gasteiger partial charge is 0.354 e. The summed E-state index contributed by atoms with van der Waals surface area (Å²) in [4.78, 5) is 19.3. The second kappa shape index (κ2) is 6.86. The normalized spacial score (nSPS) is 20.5. The topological polar surface area (TPSA) is 71.2 Å². The van der Waals surface area contributed by atoms with Gasteiger partial charge in [0, 0.05) is 49.3 Å². The Morgan fingerprint density at radius 2 is 1.85 bits per heavy atom. The van der Waals surface area contributed by atoms with Gasteiger partial charge in [-0.05, 0) is 32.1 Å². The van der Waals surface area contributed by atoms with Crippen molar-refractivity contribution < 1.29 is 4.52 Å². The number of anilines is 1. The van der Waals surface area contributed by atoms with Crippen molar-refractivity contribution in [3.63, 3.8) is 0 Å². The highest BCUT2D eigenvalue weighted by Gasteiger charge is 2.31. The van der Waals surface area contributed by atoms with Crippen molar-refractivity contribution in [1.29, 1.82) is 0 Å². The van der Waals surface area contributed by atoms with E-state index in [9.17, 15) is 0 Å². The maximum absolute atomic E-state index is 5.41. The van der Waals surface area contributed by atoms with Gasteiger partial charge in [-0.15, -0.1) is 0 Å². The lowest BCUT2D eigenvalue weighted by Crippen LogP contribution is -2.46. The van der Waals surface area contributed by atoms with E-state index in [1.54, 1.807) is 0 Å². The number of fused-ring (bicyclic) bond motifs is 1. The lowest BCUT2D eigenvalue weighted by molar-refractivity contribution is 0.214. The third-order valence-corrected chi connectivity index (χ3v) is 5.90. The first-order valence-corrected chi connectivity index (χ1v) is 10.4. The van der Waals surface area contributed by atoms with E-state index >= 15 is 0 Å². The second-order valence-corrected chi connectivity index (χ2v) is 8.42. The van der Waals surface area contributed by atoms with Crippen LogP contribution in [0, 0.1) is 0 Å². The standard InChI is InChI=1S/C20H28N6O/c1-13(2)18-22-17(27-24-18)12-25-8-10-26(11-9-25)20-15-4-3-5-16(15)21-19(23-20)14-6-7-14/h13-14H,3-12H2,1-2H3. The summed E-state index contributed by atoms with van der Waals surface area (Å²) in [5, 5.41) is 4.07. The smallest absolute Gasteiger partial charge is 0.240 e. The first kappa shape index (κ1) is 17.1. The summed E-state index contributed by atoms with van der Waals surface area (Å²) in [6.07, 6.45) is 6.00. The van der Waals surface area contributed by atoms with Crippen LogP contribution < -0.4 is 4.90 Å². The van der Waals surface area contributed by atoms with Crippen molar-refractivity contribution >= 4 is 5.82 Å². The zero-order chi connectivity index (χ0) is 18.4. The van der Waals surface area contributed by atoms with Crippen LogP contribution >= 0.6 is 0 Å². The van der Waals surface area contributed by atoms with E-state index in [4.69, 9.17) is 14.5 Å². The SMILES string of the molecule is CC(C)c1noc(CN2CCN(c3nc(C4CC4)nc4c3CCC4)CC2)n1. The molecule has 0 atom stereocenters. The van der Waals surface area contributed by atoms with Crippen LogP contribution in [0.4, 0.5) is 5.82 Å². The molecule has 0 aromatic carbocycles. The molecule has 7 nitrogen and oxygen atoms in total. The van der Waals surface area contributed by atoms with Gasteiger partial charge in [-0.25, -0.2) is 9.97 Å². The molecular formula is C20H28N6O. The quantitative estimate of drug-likeness (QED) is 0.803. The van der Waals surface area contributed by atoms with E-state index in [2.05, 4.69) is 33.8 Å². The maximum atomic E-state index is 5.41. The summed E-state index contributed by atoms with van der Waals surface area (Å²) >= 11 is 0. The molecule has 144 valence electrons. The molecule has 0 radical (unpaired) electrons. The van der Waals surface area contributed by atoms with Crippen molar-refractivity contribution in [2.24, 2.45) is 0 Å². The molecule has 0 N–H and O–H groups in total. The third-order valence-electron chi connectivity index (χ3n) is 5.90. The van der Waals surface area contributed by atoms with Crippen LogP contribution in [-0.4, -0.2) is 51.2 Å². The third kappa shape index (κ3) is 3.45. The number of piperazine rings is 1. The fraction of sp³-hybridized carbons (Fsp3) is 0.700. The summed E-state index contributed by atoms with van der Waals surface area (Å²) in [7, 11) is 0. The predicted molar refractivity (Wildman–Crippen MR) is 102 cm³/mol. The van der Waals surface area contributed by atoms with Gasteiger partial charge in [-0.1, -0.05) is 19.0 Å². The Morgan fingerprint density at radius 1 is 1.04 bits per heavy atom. The van der Waals surface area contributed by atoms with Gasteiger partial charge in [-0.3, -0.25) is 4.90 Å². The molecule has 1 saturated carbocycles. The molecule has 0 bridgehead atoms. The molecule has 0 unspecified atom stereocenters. The molecule has 2 aromatic rings. The van der Waals surface area contributed by atoms with E-state index in [0.29, 0.717) is 11.8 Å². The van der Waals surface area contributed by atoms with E-state index < -0.39 is 0 Å². The van der Waals surface area contributed by atoms with E-state index in [-0.39, 0.29) is 0 Å². The minimum absolute atomic E-state index is 0.305. The lowest BCUT2D eigenvalue weighted by atomic mass is 10.2. The Labute approximate surface area is 160 Å². The van der Waals surface area contributed by atoms with Gasteiger partial charge in [-0.2, -0.15) is 4.98 Å². The Balaban J connectivity index is 1.26. The van der Waals surface area contributed by atoms with Crippen molar-refractivity contribution in [3.8, 4) is 0 Å². The van der Waals surface area contributed by atoms with Gasteiger partial charge in [0.05, 0.1) is 6.54 Å². The zero-order valence-corrected chi connectivity index (χ0v) is 16.3. The monoisotopic (exact) mass is 368 g/mol. The molecule has 2 aromatic heterocycles. The van der Waals surface area contributed by atoms with Gasteiger partial charge in [0.2, 0.25) is 5.89 Å². The lowest BCUT2D eigenvalue weighted by Gasteiger charge is -2.35. The minimum Gasteiger partial charge on any atom is -0.354 e. The van der Waals surface area contributed by atoms with E-state index in [1.807, 2.05) is 0 Å². The summed E-state index contributed by atoms with van der Waals surface area (Å²) in [6.45, 7) is 8.90. The van der Waals surface area contributed by atoms with Crippen LogP contribution in [0.2, 0.25) is 0 Å². The Kier molecular flexibility index (Phi) is 4.34. The highest BCUT2D eigenvalue weighted by atomic mass is 16.5. The first-order valence-electron chi connectivity index (χ1n) is 10.4. The molecule has 1 saturated heterocycles. The van der Waals surface area contributed by atoms with Crippen LogP contribution in [0.1, 0.15) is 73.7 Å². The molecular weight excluding hydrogens is 340 g/mol. The van der Waals surface area contributed by atoms with E-state index in [1.165, 1.54) is 36.3 Å². The predicted octanol–water partition coefficient (Wildman–Crippen LogP) is 2.67. The van der Waals surface area contributed by atoms with Gasteiger partial charge in [0.25, 0.3) is 0 Å². The Bertz CT molecular complexity index is 820. The number of nitrogens with zero attached hydrogens (tertiary/aromatic N) is 6. The molecule has 3 aliphatic rings. The van der Waals surface area contributed by atoms with Crippen LogP contribution in [-0.2, 0) is 19.4 Å². The van der Waals surface area contributed by atoms with Crippen molar-refractivity contribution in [2.75, 3.05) is 31.1 Å². The number of hydrogen-bond donors (Lipinski definition) is 0.